The highest BCUT2D eigenvalue weighted by atomic mass is 32.1. The molecule has 4 aromatic carbocycles. The average molecular weight is 951 g/mol. The number of rotatable bonds is 2. The first-order valence-corrected chi connectivity index (χ1v) is 28.4. The Bertz CT molecular complexity index is 3080. The first-order chi connectivity index (χ1) is 32.1. The molecule has 3 heterocycles. The fourth-order valence-corrected chi connectivity index (χ4v) is 16.7. The average Bonchev–Trinajstić information content (AvgIpc) is 3.67. The van der Waals surface area contributed by atoms with Crippen LogP contribution in [0.15, 0.2) is 48.5 Å². The summed E-state index contributed by atoms with van der Waals surface area (Å²) in [5.74, 6) is 0. The minimum Gasteiger partial charge on any atom is -0.311 e. The van der Waals surface area contributed by atoms with Gasteiger partial charge >= 0.3 is 0 Å². The van der Waals surface area contributed by atoms with Gasteiger partial charge in [0.05, 0.1) is 5.69 Å². The first-order valence-electron chi connectivity index (χ1n) is 27.6. The number of thiophene rings is 1. The Balaban J connectivity index is 1.33. The fraction of sp³-hybridized carbons (Fsp3) is 0.576. The van der Waals surface area contributed by atoms with E-state index in [4.69, 9.17) is 0 Å². The Hall–Kier alpha value is -3.76. The van der Waals surface area contributed by atoms with Crippen molar-refractivity contribution in [2.24, 2.45) is 0 Å². The maximum atomic E-state index is 2.88. The number of fused-ring (bicyclic) bond motifs is 9. The summed E-state index contributed by atoms with van der Waals surface area (Å²) in [6, 6.07) is 21.3. The molecule has 11 rings (SSSR count). The van der Waals surface area contributed by atoms with E-state index >= 15 is 0 Å². The van der Waals surface area contributed by atoms with Gasteiger partial charge in [-0.3, -0.25) is 0 Å². The summed E-state index contributed by atoms with van der Waals surface area (Å²) in [6.45, 7) is 52.7. The molecule has 2 nitrogen and oxygen atoms in total. The Labute approximate surface area is 429 Å². The highest BCUT2D eigenvalue weighted by Crippen LogP contribution is 2.60. The summed E-state index contributed by atoms with van der Waals surface area (Å²) in [4.78, 5) is 7.31. The van der Waals surface area contributed by atoms with Crippen LogP contribution in [0.2, 0.25) is 0 Å². The lowest BCUT2D eigenvalue weighted by atomic mass is 9.35. The van der Waals surface area contributed by atoms with Gasteiger partial charge < -0.3 is 9.80 Å². The van der Waals surface area contributed by atoms with E-state index in [0.29, 0.717) is 0 Å². The minimum atomic E-state index is -0.0933. The predicted octanol–water partition coefficient (Wildman–Crippen LogP) is 17.1. The van der Waals surface area contributed by atoms with Crippen LogP contribution in [-0.4, -0.2) is 6.71 Å². The maximum Gasteiger partial charge on any atom is 0.264 e. The van der Waals surface area contributed by atoms with Crippen molar-refractivity contribution < 1.29 is 0 Å². The summed E-state index contributed by atoms with van der Waals surface area (Å²) in [6.07, 6.45) is 9.61. The van der Waals surface area contributed by atoms with Gasteiger partial charge in [0.2, 0.25) is 0 Å². The Morgan fingerprint density at radius 1 is 0.443 bits per heavy atom. The summed E-state index contributed by atoms with van der Waals surface area (Å²) < 4.78 is 1.56. The van der Waals surface area contributed by atoms with Gasteiger partial charge in [-0.05, 0) is 211 Å². The molecule has 2 aliphatic heterocycles. The molecule has 1 aromatic heterocycles. The lowest BCUT2D eigenvalue weighted by molar-refractivity contribution is 0.330. The van der Waals surface area contributed by atoms with Crippen molar-refractivity contribution in [1.82, 2.24) is 0 Å². The zero-order chi connectivity index (χ0) is 50.8. The Morgan fingerprint density at radius 3 is 1.43 bits per heavy atom. The second-order valence-corrected chi connectivity index (χ2v) is 31.2. The molecule has 4 aliphatic carbocycles. The van der Waals surface area contributed by atoms with E-state index in [1.165, 1.54) is 124 Å². The second kappa shape index (κ2) is 14.5. The molecule has 6 aliphatic rings. The monoisotopic (exact) mass is 951 g/mol. The third-order valence-corrected chi connectivity index (χ3v) is 21.9. The van der Waals surface area contributed by atoms with Gasteiger partial charge in [-0.15, -0.1) is 0 Å². The molecule has 0 saturated carbocycles. The molecule has 0 bridgehead atoms. The summed E-state index contributed by atoms with van der Waals surface area (Å²) in [5, 5.41) is 0. The zero-order valence-electron chi connectivity index (χ0n) is 47.7. The number of hydrogen-bond acceptors (Lipinski definition) is 3. The number of anilines is 6. The number of hydrogen-bond donors (Lipinski definition) is 0. The van der Waals surface area contributed by atoms with Crippen LogP contribution in [-0.2, 0) is 48.7 Å². The van der Waals surface area contributed by atoms with Crippen LogP contribution in [0.3, 0.4) is 0 Å². The third kappa shape index (κ3) is 6.74. The maximum absolute atomic E-state index is 2.88. The third-order valence-electron chi connectivity index (χ3n) is 20.3. The van der Waals surface area contributed by atoms with E-state index in [1.807, 2.05) is 0 Å². The number of nitrogens with zero attached hydrogens (tertiary/aromatic N) is 2. The molecule has 0 saturated heterocycles. The SMILES string of the molecule is Cc1cc2c(cc1N1c3cc4c(cc3B3c5sc6c(c5N(c5ccc7c(c5C)C(C)(C)CCC7(C)C)c5cc(C(C)(C)C)cc1c53)C(C)(C)CCC6(C)C)C(C)(C)CCC4(C)C)C(C)(C)CCC2(C)C. The van der Waals surface area contributed by atoms with Crippen molar-refractivity contribution in [2.45, 2.75) is 245 Å². The molecule has 0 spiro atoms. The van der Waals surface area contributed by atoms with Crippen LogP contribution in [0.25, 0.3) is 0 Å². The van der Waals surface area contributed by atoms with Crippen molar-refractivity contribution in [3.05, 3.63) is 109 Å². The summed E-state index contributed by atoms with van der Waals surface area (Å²) in [5.41, 5.74) is 27.1. The van der Waals surface area contributed by atoms with Crippen molar-refractivity contribution in [1.29, 1.82) is 0 Å². The standard InChI is InChI=1S/C66H87BN2S/c1-38-32-42-44(62(12,13)26-24-60(42,8)9)36-48(38)68-49-37-45-43(61(10,11)25-27-63(45,14)15)35-46(49)67-54-50(68)33-40(58(3,4)5)34-51(54)69(55-53-56(70-57(55)67)66(20,21)31-30-65(53,18)19)47-23-22-41-52(39(47)2)64(16,17)29-28-59(41,6)7/h22-23,32-37H,24-31H2,1-21H3. The van der Waals surface area contributed by atoms with Gasteiger partial charge in [0.25, 0.3) is 6.71 Å². The van der Waals surface area contributed by atoms with E-state index in [0.717, 1.165) is 0 Å². The van der Waals surface area contributed by atoms with E-state index in [9.17, 15) is 0 Å². The highest BCUT2D eigenvalue weighted by Gasteiger charge is 2.53. The fourth-order valence-electron chi connectivity index (χ4n) is 15.0. The summed E-state index contributed by atoms with van der Waals surface area (Å²) >= 11 is 2.19. The van der Waals surface area contributed by atoms with Gasteiger partial charge in [0.15, 0.2) is 0 Å². The zero-order valence-corrected chi connectivity index (χ0v) is 48.5. The van der Waals surface area contributed by atoms with E-state index in [1.54, 1.807) is 37.5 Å². The van der Waals surface area contributed by atoms with Crippen LogP contribution in [0, 0.1) is 13.8 Å². The van der Waals surface area contributed by atoms with Gasteiger partial charge in [-0.1, -0.05) is 150 Å². The Kier molecular flexibility index (Phi) is 10.1. The van der Waals surface area contributed by atoms with Crippen LogP contribution < -0.4 is 25.5 Å². The molecule has 70 heavy (non-hydrogen) atoms. The van der Waals surface area contributed by atoms with Crippen LogP contribution in [0.1, 0.15) is 243 Å². The van der Waals surface area contributed by atoms with Crippen molar-refractivity contribution >= 4 is 67.9 Å². The smallest absolute Gasteiger partial charge is 0.264 e. The molecule has 4 heteroatoms. The lowest BCUT2D eigenvalue weighted by Crippen LogP contribution is -2.61. The normalized spacial score (nSPS) is 23.0. The van der Waals surface area contributed by atoms with Crippen molar-refractivity contribution in [3.63, 3.8) is 0 Å². The molecule has 0 fully saturated rings. The van der Waals surface area contributed by atoms with Crippen LogP contribution >= 0.6 is 11.3 Å². The molecular weight excluding hydrogens is 864 g/mol. The van der Waals surface area contributed by atoms with E-state index in [2.05, 4.69) is 215 Å². The lowest BCUT2D eigenvalue weighted by Gasteiger charge is -2.49. The number of aryl methyl sites for hydroxylation is 1. The minimum absolute atomic E-state index is 0.0186. The largest absolute Gasteiger partial charge is 0.311 e. The molecule has 5 aromatic rings. The molecule has 0 N–H and O–H groups in total. The molecular formula is C66H87BN2S. The quantitative estimate of drug-likeness (QED) is 0.159. The Morgan fingerprint density at radius 2 is 0.886 bits per heavy atom. The molecule has 0 atom stereocenters. The van der Waals surface area contributed by atoms with Gasteiger partial charge in [-0.2, -0.15) is 11.3 Å². The van der Waals surface area contributed by atoms with Crippen molar-refractivity contribution in [3.8, 4) is 0 Å². The first kappa shape index (κ1) is 48.5. The topological polar surface area (TPSA) is 6.48 Å². The number of benzene rings is 4. The van der Waals surface area contributed by atoms with Gasteiger partial charge in [0, 0.05) is 38.1 Å². The van der Waals surface area contributed by atoms with E-state index < -0.39 is 0 Å². The van der Waals surface area contributed by atoms with Crippen LogP contribution in [0.5, 0.6) is 0 Å². The molecule has 370 valence electrons. The van der Waals surface area contributed by atoms with E-state index in [-0.39, 0.29) is 55.4 Å². The summed E-state index contributed by atoms with van der Waals surface area (Å²) in [7, 11) is 0. The molecule has 0 amide bonds. The molecule has 0 radical (unpaired) electrons. The molecule has 0 unspecified atom stereocenters. The van der Waals surface area contributed by atoms with Crippen LogP contribution in [0.4, 0.5) is 34.1 Å². The second-order valence-electron chi connectivity index (χ2n) is 30.1. The van der Waals surface area contributed by atoms with Crippen molar-refractivity contribution in [2.75, 3.05) is 9.80 Å². The van der Waals surface area contributed by atoms with Gasteiger partial charge in [-0.25, -0.2) is 0 Å². The van der Waals surface area contributed by atoms with Gasteiger partial charge in [0.1, 0.15) is 0 Å². The highest BCUT2D eigenvalue weighted by molar-refractivity contribution is 7.29. The predicted molar refractivity (Wildman–Crippen MR) is 308 cm³/mol.